The maximum atomic E-state index is 9.81. The molecule has 0 aliphatic heterocycles. The molecule has 0 atom stereocenters. The van der Waals surface area contributed by atoms with Gasteiger partial charge in [0.1, 0.15) is 11.5 Å². The summed E-state index contributed by atoms with van der Waals surface area (Å²) >= 11 is 0. The maximum absolute atomic E-state index is 9.81. The monoisotopic (exact) mass is 194 g/mol. The van der Waals surface area contributed by atoms with E-state index in [1.54, 1.807) is 0 Å². The molecule has 0 bridgehead atoms. The third-order valence-corrected chi connectivity index (χ3v) is 2.81. The molecule has 1 aromatic rings. The van der Waals surface area contributed by atoms with Crippen molar-refractivity contribution in [1.82, 2.24) is 0 Å². The first kappa shape index (κ1) is 10.9. The molecule has 14 heavy (non-hydrogen) atoms. The second kappa shape index (κ2) is 3.91. The van der Waals surface area contributed by atoms with E-state index in [0.717, 1.165) is 28.0 Å². The summed E-state index contributed by atoms with van der Waals surface area (Å²) < 4.78 is 5.57. The standard InChI is InChI=1S/C12H18O2/c1-6-14-12-9(4)7(2)11(13)8(3)10(12)5/h13H,6H2,1-5H3. The average molecular weight is 194 g/mol. The van der Waals surface area contributed by atoms with E-state index in [-0.39, 0.29) is 0 Å². The van der Waals surface area contributed by atoms with E-state index in [1.807, 2.05) is 34.6 Å². The van der Waals surface area contributed by atoms with Gasteiger partial charge in [-0.2, -0.15) is 0 Å². The van der Waals surface area contributed by atoms with Gasteiger partial charge in [0.2, 0.25) is 0 Å². The molecule has 0 radical (unpaired) electrons. The van der Waals surface area contributed by atoms with E-state index < -0.39 is 0 Å². The van der Waals surface area contributed by atoms with Gasteiger partial charge in [0.25, 0.3) is 0 Å². The van der Waals surface area contributed by atoms with Crippen LogP contribution in [0, 0.1) is 27.7 Å². The van der Waals surface area contributed by atoms with E-state index in [2.05, 4.69) is 0 Å². The molecule has 0 aliphatic rings. The maximum Gasteiger partial charge on any atom is 0.125 e. The van der Waals surface area contributed by atoms with Gasteiger partial charge in [-0.3, -0.25) is 0 Å². The SMILES string of the molecule is CCOc1c(C)c(C)c(O)c(C)c1C. The highest BCUT2D eigenvalue weighted by atomic mass is 16.5. The number of hydrogen-bond acceptors (Lipinski definition) is 2. The largest absolute Gasteiger partial charge is 0.507 e. The molecular formula is C12H18O2. The molecule has 0 fully saturated rings. The number of aromatic hydroxyl groups is 1. The van der Waals surface area contributed by atoms with Crippen LogP contribution < -0.4 is 4.74 Å². The van der Waals surface area contributed by atoms with Gasteiger partial charge in [0.15, 0.2) is 0 Å². The van der Waals surface area contributed by atoms with Crippen molar-refractivity contribution in [1.29, 1.82) is 0 Å². The van der Waals surface area contributed by atoms with E-state index in [0.29, 0.717) is 12.4 Å². The molecule has 1 N–H and O–H groups in total. The summed E-state index contributed by atoms with van der Waals surface area (Å²) in [5.74, 6) is 1.31. The zero-order chi connectivity index (χ0) is 10.9. The van der Waals surface area contributed by atoms with Crippen LogP contribution in [0.3, 0.4) is 0 Å². The third kappa shape index (κ3) is 1.57. The molecule has 0 amide bonds. The first-order valence-electron chi connectivity index (χ1n) is 4.92. The first-order valence-corrected chi connectivity index (χ1v) is 4.92. The van der Waals surface area contributed by atoms with E-state index in [4.69, 9.17) is 4.74 Å². The van der Waals surface area contributed by atoms with Gasteiger partial charge < -0.3 is 9.84 Å². The van der Waals surface area contributed by atoms with Crippen molar-refractivity contribution in [2.75, 3.05) is 6.61 Å². The average Bonchev–Trinajstić information content (AvgIpc) is 2.19. The first-order chi connectivity index (χ1) is 6.50. The number of benzene rings is 1. The van der Waals surface area contributed by atoms with Gasteiger partial charge in [0, 0.05) is 0 Å². The van der Waals surface area contributed by atoms with Crippen LogP contribution in [-0.2, 0) is 0 Å². The Morgan fingerprint density at radius 1 is 0.929 bits per heavy atom. The summed E-state index contributed by atoms with van der Waals surface area (Å²) in [5, 5.41) is 9.81. The molecule has 78 valence electrons. The van der Waals surface area contributed by atoms with Crippen LogP contribution in [0.4, 0.5) is 0 Å². The quantitative estimate of drug-likeness (QED) is 0.784. The van der Waals surface area contributed by atoms with Crippen LogP contribution in [0.2, 0.25) is 0 Å². The Labute approximate surface area is 85.5 Å². The topological polar surface area (TPSA) is 29.5 Å². The summed E-state index contributed by atoms with van der Waals surface area (Å²) in [4.78, 5) is 0. The van der Waals surface area contributed by atoms with Crippen molar-refractivity contribution >= 4 is 0 Å². The van der Waals surface area contributed by atoms with E-state index in [9.17, 15) is 5.11 Å². The number of rotatable bonds is 2. The fourth-order valence-corrected chi connectivity index (χ4v) is 1.62. The van der Waals surface area contributed by atoms with Crippen LogP contribution in [0.5, 0.6) is 11.5 Å². The lowest BCUT2D eigenvalue weighted by molar-refractivity contribution is 0.333. The van der Waals surface area contributed by atoms with Crippen LogP contribution >= 0.6 is 0 Å². The number of phenols is 1. The zero-order valence-corrected chi connectivity index (χ0v) is 9.56. The van der Waals surface area contributed by atoms with Crippen molar-refractivity contribution in [3.8, 4) is 11.5 Å². The fourth-order valence-electron chi connectivity index (χ4n) is 1.62. The minimum Gasteiger partial charge on any atom is -0.507 e. The highest BCUT2D eigenvalue weighted by molar-refractivity contribution is 5.56. The van der Waals surface area contributed by atoms with Crippen LogP contribution in [-0.4, -0.2) is 11.7 Å². The molecule has 2 nitrogen and oxygen atoms in total. The van der Waals surface area contributed by atoms with Crippen LogP contribution in [0.1, 0.15) is 29.2 Å². The lowest BCUT2D eigenvalue weighted by atomic mass is 9.98. The molecule has 0 saturated carbocycles. The van der Waals surface area contributed by atoms with Crippen molar-refractivity contribution in [3.05, 3.63) is 22.3 Å². The second-order valence-corrected chi connectivity index (χ2v) is 3.61. The smallest absolute Gasteiger partial charge is 0.125 e. The molecule has 0 heterocycles. The summed E-state index contributed by atoms with van der Waals surface area (Å²) in [6.45, 7) is 10.4. The van der Waals surface area contributed by atoms with Gasteiger partial charge in [-0.15, -0.1) is 0 Å². The lowest BCUT2D eigenvalue weighted by Crippen LogP contribution is -2.00. The Bertz CT molecular complexity index is 325. The molecule has 0 spiro atoms. The predicted molar refractivity (Wildman–Crippen MR) is 58.2 cm³/mol. The molecule has 0 aromatic heterocycles. The molecule has 0 saturated heterocycles. The van der Waals surface area contributed by atoms with Crippen LogP contribution in [0.25, 0.3) is 0 Å². The van der Waals surface area contributed by atoms with Gasteiger partial charge in [-0.05, 0) is 56.9 Å². The summed E-state index contributed by atoms with van der Waals surface area (Å²) in [7, 11) is 0. The highest BCUT2D eigenvalue weighted by Gasteiger charge is 2.14. The van der Waals surface area contributed by atoms with Gasteiger partial charge in [0.05, 0.1) is 6.61 Å². The van der Waals surface area contributed by atoms with Gasteiger partial charge >= 0.3 is 0 Å². The fraction of sp³-hybridized carbons (Fsp3) is 0.500. The summed E-state index contributed by atoms with van der Waals surface area (Å²) in [6, 6.07) is 0. The van der Waals surface area contributed by atoms with Gasteiger partial charge in [-0.1, -0.05) is 0 Å². The van der Waals surface area contributed by atoms with E-state index in [1.165, 1.54) is 0 Å². The molecule has 1 aromatic carbocycles. The van der Waals surface area contributed by atoms with Crippen molar-refractivity contribution in [2.24, 2.45) is 0 Å². The highest BCUT2D eigenvalue weighted by Crippen LogP contribution is 2.36. The molecule has 1 rings (SSSR count). The molecule has 0 unspecified atom stereocenters. The normalized spacial score (nSPS) is 10.4. The second-order valence-electron chi connectivity index (χ2n) is 3.61. The minimum absolute atomic E-state index is 0.392. The lowest BCUT2D eigenvalue weighted by Gasteiger charge is -2.17. The summed E-state index contributed by atoms with van der Waals surface area (Å²) in [6.07, 6.45) is 0. The Morgan fingerprint density at radius 3 is 1.71 bits per heavy atom. The third-order valence-electron chi connectivity index (χ3n) is 2.81. The predicted octanol–water partition coefficient (Wildman–Crippen LogP) is 3.02. The molecule has 0 aliphatic carbocycles. The molecule has 2 heteroatoms. The number of phenolic OH excluding ortho intramolecular Hbond substituents is 1. The number of hydrogen-bond donors (Lipinski definition) is 1. The number of ether oxygens (including phenoxy) is 1. The zero-order valence-electron chi connectivity index (χ0n) is 9.56. The van der Waals surface area contributed by atoms with E-state index >= 15 is 0 Å². The van der Waals surface area contributed by atoms with Crippen LogP contribution in [0.15, 0.2) is 0 Å². The van der Waals surface area contributed by atoms with Crippen molar-refractivity contribution in [3.63, 3.8) is 0 Å². The summed E-state index contributed by atoms with van der Waals surface area (Å²) in [5.41, 5.74) is 3.90. The van der Waals surface area contributed by atoms with Crippen molar-refractivity contribution in [2.45, 2.75) is 34.6 Å². The van der Waals surface area contributed by atoms with Crippen molar-refractivity contribution < 1.29 is 9.84 Å². The minimum atomic E-state index is 0.392. The Balaban J connectivity index is 3.43. The Morgan fingerprint density at radius 2 is 1.36 bits per heavy atom. The Kier molecular flexibility index (Phi) is 3.04. The van der Waals surface area contributed by atoms with Gasteiger partial charge in [-0.25, -0.2) is 0 Å². The Hall–Kier alpha value is -1.18. The molecular weight excluding hydrogens is 176 g/mol.